The van der Waals surface area contributed by atoms with E-state index >= 15 is 0 Å². The lowest BCUT2D eigenvalue weighted by molar-refractivity contribution is 0.0696. The number of hydrogen-bond donors (Lipinski definition) is 2. The Labute approximate surface area is 134 Å². The number of ether oxygens (including phenoxy) is 1. The number of carbonyl (C=O) groups is 2. The summed E-state index contributed by atoms with van der Waals surface area (Å²) in [4.78, 5) is 22.4. The fraction of sp³-hybridized carbons (Fsp3) is 0.222. The number of carboxylic acids is 1. The lowest BCUT2D eigenvalue weighted by Crippen LogP contribution is -2.25. The summed E-state index contributed by atoms with van der Waals surface area (Å²) in [5.41, 5.74) is 2.15. The standard InChI is InChI=1S/C18H19NO4/c20-17(21)16-10-4-8-14(12-16)9-5-11-19-18(22)23-13-15-6-2-1-3-7-15/h1-4,6-8,10,12H,5,9,11,13H2,(H,19,22)(H,20,21). The van der Waals surface area contributed by atoms with E-state index in [4.69, 9.17) is 9.84 Å². The molecule has 1 amide bonds. The van der Waals surface area contributed by atoms with Gasteiger partial charge in [-0.2, -0.15) is 0 Å². The lowest BCUT2D eigenvalue weighted by Gasteiger charge is -2.07. The van der Waals surface area contributed by atoms with Crippen molar-refractivity contribution in [3.8, 4) is 0 Å². The summed E-state index contributed by atoms with van der Waals surface area (Å²) in [7, 11) is 0. The average molecular weight is 313 g/mol. The SMILES string of the molecule is O=C(NCCCc1cccc(C(=O)O)c1)OCc1ccccc1. The largest absolute Gasteiger partial charge is 0.478 e. The molecule has 0 unspecified atom stereocenters. The summed E-state index contributed by atoms with van der Waals surface area (Å²) >= 11 is 0. The van der Waals surface area contributed by atoms with Gasteiger partial charge in [0.15, 0.2) is 0 Å². The third-order valence-electron chi connectivity index (χ3n) is 3.30. The highest BCUT2D eigenvalue weighted by Gasteiger charge is 2.04. The molecule has 0 bridgehead atoms. The molecule has 0 saturated heterocycles. The van der Waals surface area contributed by atoms with Gasteiger partial charge >= 0.3 is 12.1 Å². The monoisotopic (exact) mass is 313 g/mol. The lowest BCUT2D eigenvalue weighted by atomic mass is 10.1. The summed E-state index contributed by atoms with van der Waals surface area (Å²) in [6.07, 6.45) is 0.956. The van der Waals surface area contributed by atoms with Gasteiger partial charge in [0.05, 0.1) is 5.56 Å². The van der Waals surface area contributed by atoms with Gasteiger partial charge in [-0.25, -0.2) is 9.59 Å². The minimum atomic E-state index is -0.936. The fourth-order valence-electron chi connectivity index (χ4n) is 2.12. The molecule has 0 fully saturated rings. The Kier molecular flexibility index (Phi) is 6.17. The van der Waals surface area contributed by atoms with Gasteiger partial charge in [-0.3, -0.25) is 0 Å². The van der Waals surface area contributed by atoms with Crippen LogP contribution in [0.2, 0.25) is 0 Å². The first kappa shape index (κ1) is 16.5. The number of hydrogen-bond acceptors (Lipinski definition) is 3. The predicted octanol–water partition coefficient (Wildman–Crippen LogP) is 3.24. The van der Waals surface area contributed by atoms with E-state index in [1.807, 2.05) is 36.4 Å². The van der Waals surface area contributed by atoms with Crippen LogP contribution in [0.3, 0.4) is 0 Å². The average Bonchev–Trinajstić information content (AvgIpc) is 2.58. The van der Waals surface area contributed by atoms with Crippen LogP contribution in [0.15, 0.2) is 54.6 Å². The Morgan fingerprint density at radius 2 is 1.74 bits per heavy atom. The third-order valence-corrected chi connectivity index (χ3v) is 3.30. The maximum atomic E-state index is 11.6. The molecule has 0 radical (unpaired) electrons. The smallest absolute Gasteiger partial charge is 0.407 e. The minimum absolute atomic E-state index is 0.243. The highest BCUT2D eigenvalue weighted by atomic mass is 16.5. The summed E-state index contributed by atoms with van der Waals surface area (Å²) in [6, 6.07) is 16.3. The van der Waals surface area contributed by atoms with E-state index < -0.39 is 12.1 Å². The van der Waals surface area contributed by atoms with Crippen LogP contribution >= 0.6 is 0 Å². The van der Waals surface area contributed by atoms with E-state index in [9.17, 15) is 9.59 Å². The van der Waals surface area contributed by atoms with Crippen molar-refractivity contribution in [2.45, 2.75) is 19.4 Å². The van der Waals surface area contributed by atoms with Gasteiger partial charge in [-0.1, -0.05) is 42.5 Å². The first-order chi connectivity index (χ1) is 11.1. The van der Waals surface area contributed by atoms with Gasteiger partial charge in [0.1, 0.15) is 6.61 Å². The van der Waals surface area contributed by atoms with E-state index in [0.717, 1.165) is 11.1 Å². The topological polar surface area (TPSA) is 75.6 Å². The summed E-state index contributed by atoms with van der Waals surface area (Å²) in [5, 5.41) is 11.6. The Morgan fingerprint density at radius 1 is 1.00 bits per heavy atom. The van der Waals surface area contributed by atoms with Crippen LogP contribution < -0.4 is 5.32 Å². The number of benzene rings is 2. The molecule has 5 heteroatoms. The van der Waals surface area contributed by atoms with Crippen molar-refractivity contribution < 1.29 is 19.4 Å². The second kappa shape index (κ2) is 8.58. The van der Waals surface area contributed by atoms with Gasteiger partial charge in [-0.05, 0) is 36.1 Å². The third kappa shape index (κ3) is 5.82. The van der Waals surface area contributed by atoms with E-state index in [1.54, 1.807) is 18.2 Å². The predicted molar refractivity (Wildman–Crippen MR) is 86.4 cm³/mol. The molecule has 120 valence electrons. The number of aryl methyl sites for hydroxylation is 1. The van der Waals surface area contributed by atoms with E-state index in [0.29, 0.717) is 19.4 Å². The number of nitrogens with one attached hydrogen (secondary N) is 1. The van der Waals surface area contributed by atoms with Crippen LogP contribution in [0.5, 0.6) is 0 Å². The van der Waals surface area contributed by atoms with Crippen LogP contribution in [-0.4, -0.2) is 23.7 Å². The van der Waals surface area contributed by atoms with Crippen LogP contribution in [0, 0.1) is 0 Å². The molecule has 2 aromatic carbocycles. The van der Waals surface area contributed by atoms with E-state index in [2.05, 4.69) is 5.32 Å². The quantitative estimate of drug-likeness (QED) is 0.769. The van der Waals surface area contributed by atoms with E-state index in [-0.39, 0.29) is 12.2 Å². The van der Waals surface area contributed by atoms with Gasteiger partial charge in [0.25, 0.3) is 0 Å². The molecule has 0 atom stereocenters. The van der Waals surface area contributed by atoms with Crippen molar-refractivity contribution in [3.05, 3.63) is 71.3 Å². The Hall–Kier alpha value is -2.82. The van der Waals surface area contributed by atoms with Gasteiger partial charge in [0.2, 0.25) is 0 Å². The molecule has 0 aromatic heterocycles. The molecule has 5 nitrogen and oxygen atoms in total. The highest BCUT2D eigenvalue weighted by molar-refractivity contribution is 5.87. The van der Waals surface area contributed by atoms with Crippen LogP contribution in [-0.2, 0) is 17.8 Å². The fourth-order valence-corrected chi connectivity index (χ4v) is 2.12. The maximum absolute atomic E-state index is 11.6. The van der Waals surface area contributed by atoms with Crippen molar-refractivity contribution in [2.24, 2.45) is 0 Å². The van der Waals surface area contributed by atoms with Crippen LogP contribution in [0.1, 0.15) is 27.9 Å². The number of carbonyl (C=O) groups excluding carboxylic acids is 1. The number of carboxylic acid groups (broad SMARTS) is 1. The zero-order valence-electron chi connectivity index (χ0n) is 12.7. The number of alkyl carbamates (subject to hydrolysis) is 1. The first-order valence-corrected chi connectivity index (χ1v) is 7.42. The normalized spacial score (nSPS) is 10.1. The Morgan fingerprint density at radius 3 is 2.48 bits per heavy atom. The molecule has 0 saturated carbocycles. The van der Waals surface area contributed by atoms with Crippen molar-refractivity contribution in [1.29, 1.82) is 0 Å². The maximum Gasteiger partial charge on any atom is 0.407 e. The summed E-state index contributed by atoms with van der Waals surface area (Å²) in [6.45, 7) is 0.720. The molecule has 2 rings (SSSR count). The van der Waals surface area contributed by atoms with Gasteiger partial charge < -0.3 is 15.2 Å². The van der Waals surface area contributed by atoms with Crippen LogP contribution in [0.25, 0.3) is 0 Å². The molecule has 0 aliphatic rings. The Balaban J connectivity index is 1.66. The molecule has 0 heterocycles. The van der Waals surface area contributed by atoms with Crippen LogP contribution in [0.4, 0.5) is 4.79 Å². The second-order valence-electron chi connectivity index (χ2n) is 5.10. The molecule has 0 aliphatic heterocycles. The number of amides is 1. The summed E-state index contributed by atoms with van der Waals surface area (Å²) in [5.74, 6) is -0.936. The molecule has 23 heavy (non-hydrogen) atoms. The molecular weight excluding hydrogens is 294 g/mol. The Bertz CT molecular complexity index is 655. The van der Waals surface area contributed by atoms with E-state index in [1.165, 1.54) is 0 Å². The molecule has 2 N–H and O–H groups in total. The highest BCUT2D eigenvalue weighted by Crippen LogP contribution is 2.07. The number of aromatic carboxylic acids is 1. The van der Waals surface area contributed by atoms with Crippen molar-refractivity contribution in [2.75, 3.05) is 6.54 Å². The molecule has 0 aliphatic carbocycles. The van der Waals surface area contributed by atoms with Crippen molar-refractivity contribution >= 4 is 12.1 Å². The second-order valence-corrected chi connectivity index (χ2v) is 5.10. The molecule has 2 aromatic rings. The van der Waals surface area contributed by atoms with Crippen molar-refractivity contribution in [1.82, 2.24) is 5.32 Å². The molecule has 0 spiro atoms. The van der Waals surface area contributed by atoms with Crippen molar-refractivity contribution in [3.63, 3.8) is 0 Å². The van der Waals surface area contributed by atoms with Gasteiger partial charge in [0, 0.05) is 6.54 Å². The zero-order valence-corrected chi connectivity index (χ0v) is 12.7. The minimum Gasteiger partial charge on any atom is -0.478 e. The first-order valence-electron chi connectivity index (χ1n) is 7.42. The molecular formula is C18H19NO4. The summed E-state index contributed by atoms with van der Waals surface area (Å²) < 4.78 is 5.10. The van der Waals surface area contributed by atoms with Gasteiger partial charge in [-0.15, -0.1) is 0 Å². The zero-order chi connectivity index (χ0) is 16.5. The number of rotatable bonds is 7.